The molecule has 2 aromatic rings. The number of rotatable bonds is 4. The van der Waals surface area contributed by atoms with E-state index in [-0.39, 0.29) is 17.4 Å². The summed E-state index contributed by atoms with van der Waals surface area (Å²) < 4.78 is 111. The van der Waals surface area contributed by atoms with Crippen LogP contribution in [0.4, 0.5) is 35.1 Å². The summed E-state index contributed by atoms with van der Waals surface area (Å²) >= 11 is 0. The number of aliphatic imine (C=N–C) groups is 1. The van der Waals surface area contributed by atoms with Crippen molar-refractivity contribution in [3.05, 3.63) is 71.3 Å². The molecule has 11 heteroatoms. The molecule has 0 aromatic heterocycles. The average molecular weight is 450 g/mol. The molecule has 31 heavy (non-hydrogen) atoms. The molecule has 2 atom stereocenters. The summed E-state index contributed by atoms with van der Waals surface area (Å²) in [4.78, 5) is 15.5. The molecule has 1 aliphatic rings. The number of carbonyl (C=O) groups excluding carboxylic acids is 1. The maximum atomic E-state index is 14.1. The van der Waals surface area contributed by atoms with Crippen molar-refractivity contribution in [3.8, 4) is 0 Å². The zero-order valence-electron chi connectivity index (χ0n) is 15.7. The molecule has 0 bridgehead atoms. The summed E-state index contributed by atoms with van der Waals surface area (Å²) in [6.45, 7) is 0. The normalized spacial score (nSPS) is 19.8. The molecule has 0 saturated carbocycles. The summed E-state index contributed by atoms with van der Waals surface area (Å²) in [7, 11) is 0.937. The van der Waals surface area contributed by atoms with E-state index in [0.717, 1.165) is 55.6 Å². The van der Waals surface area contributed by atoms with Crippen LogP contribution in [0, 0.1) is 11.6 Å². The van der Waals surface area contributed by atoms with Gasteiger partial charge in [0.25, 0.3) is 5.54 Å². The van der Waals surface area contributed by atoms with E-state index >= 15 is 0 Å². The maximum Gasteiger partial charge on any atom is 0.424 e. The summed E-state index contributed by atoms with van der Waals surface area (Å²) in [6.07, 6.45) is -11.9. The zero-order chi connectivity index (χ0) is 23.2. The third kappa shape index (κ3) is 3.66. The second-order valence-corrected chi connectivity index (χ2v) is 6.97. The second kappa shape index (κ2) is 7.61. The number of halogens is 8. The van der Waals surface area contributed by atoms with Crippen molar-refractivity contribution in [3.63, 3.8) is 0 Å². The predicted octanol–water partition coefficient (Wildman–Crippen LogP) is 4.87. The van der Waals surface area contributed by atoms with Crippen LogP contribution in [0.15, 0.2) is 53.5 Å². The highest BCUT2D eigenvalue weighted by molar-refractivity contribution is 6.01. The van der Waals surface area contributed by atoms with Gasteiger partial charge in [0, 0.05) is 12.6 Å². The van der Waals surface area contributed by atoms with Gasteiger partial charge in [-0.1, -0.05) is 12.1 Å². The van der Waals surface area contributed by atoms with E-state index in [0.29, 0.717) is 4.90 Å². The van der Waals surface area contributed by atoms with Crippen LogP contribution in [0.2, 0.25) is 0 Å². The zero-order valence-corrected chi connectivity index (χ0v) is 15.7. The Labute approximate surface area is 171 Å². The molecular formula is C20H14F8N2O. The average Bonchev–Trinajstić information content (AvgIpc) is 2.99. The van der Waals surface area contributed by atoms with Gasteiger partial charge in [-0.3, -0.25) is 0 Å². The SMILES string of the molecule is CN1C(c2ccc(F)cc2)=NC(C(F)(F)F)(C(F)(F)F)C1C(C=O)c1ccc(F)cc1. The highest BCUT2D eigenvalue weighted by Crippen LogP contribution is 2.55. The Balaban J connectivity index is 2.28. The molecule has 3 rings (SSSR count). The molecule has 0 aliphatic carbocycles. The summed E-state index contributed by atoms with van der Waals surface area (Å²) in [5.41, 5.74) is -5.10. The van der Waals surface area contributed by atoms with E-state index in [9.17, 15) is 39.9 Å². The Morgan fingerprint density at radius 2 is 1.35 bits per heavy atom. The van der Waals surface area contributed by atoms with Gasteiger partial charge in [-0.25, -0.2) is 13.8 Å². The van der Waals surface area contributed by atoms with Gasteiger partial charge in [-0.05, 0) is 42.0 Å². The fourth-order valence-corrected chi connectivity index (χ4v) is 3.74. The van der Waals surface area contributed by atoms with Crippen LogP contribution < -0.4 is 0 Å². The molecule has 166 valence electrons. The lowest BCUT2D eigenvalue weighted by Gasteiger charge is -2.41. The Hall–Kier alpha value is -2.98. The smallest absolute Gasteiger partial charge is 0.352 e. The van der Waals surface area contributed by atoms with E-state index in [2.05, 4.69) is 4.99 Å². The first-order valence-electron chi connectivity index (χ1n) is 8.76. The molecule has 1 heterocycles. The van der Waals surface area contributed by atoms with Crippen LogP contribution in [0.25, 0.3) is 0 Å². The fourth-order valence-electron chi connectivity index (χ4n) is 3.74. The van der Waals surface area contributed by atoms with Gasteiger partial charge in [0.2, 0.25) is 0 Å². The molecule has 0 spiro atoms. The van der Waals surface area contributed by atoms with Gasteiger partial charge in [0.15, 0.2) is 0 Å². The number of likely N-dealkylation sites (N-methyl/N-ethyl adjacent to an activating group) is 1. The lowest BCUT2D eigenvalue weighted by atomic mass is 9.78. The Kier molecular flexibility index (Phi) is 5.57. The van der Waals surface area contributed by atoms with E-state index in [1.165, 1.54) is 0 Å². The molecule has 2 unspecified atom stereocenters. The van der Waals surface area contributed by atoms with Crippen LogP contribution >= 0.6 is 0 Å². The van der Waals surface area contributed by atoms with Gasteiger partial charge in [0.05, 0.1) is 12.0 Å². The molecule has 0 amide bonds. The third-order valence-corrected chi connectivity index (χ3v) is 5.17. The number of alkyl halides is 6. The van der Waals surface area contributed by atoms with Crippen LogP contribution in [0.3, 0.4) is 0 Å². The summed E-state index contributed by atoms with van der Waals surface area (Å²) in [6, 6.07) is 4.66. The van der Waals surface area contributed by atoms with Crippen LogP contribution in [0.5, 0.6) is 0 Å². The monoisotopic (exact) mass is 450 g/mol. The van der Waals surface area contributed by atoms with Gasteiger partial charge >= 0.3 is 12.4 Å². The van der Waals surface area contributed by atoms with Gasteiger partial charge in [-0.15, -0.1) is 0 Å². The van der Waals surface area contributed by atoms with E-state index in [1.807, 2.05) is 0 Å². The van der Waals surface area contributed by atoms with E-state index < -0.39 is 47.3 Å². The molecule has 0 radical (unpaired) electrons. The summed E-state index contributed by atoms with van der Waals surface area (Å²) in [5.74, 6) is -4.21. The fraction of sp³-hybridized carbons (Fsp3) is 0.300. The Bertz CT molecular complexity index is 966. The standard InChI is InChI=1S/C20H14F8N2O/c1-30-16(15(10-31)11-2-6-13(21)7-3-11)18(19(23,24)25,20(26,27)28)29-17(30)12-4-8-14(22)9-5-12/h2-10,15-16H,1H3. The second-order valence-electron chi connectivity index (χ2n) is 6.97. The van der Waals surface area contributed by atoms with Crippen LogP contribution in [0.1, 0.15) is 17.0 Å². The molecule has 1 aliphatic heterocycles. The van der Waals surface area contributed by atoms with Gasteiger partial charge < -0.3 is 9.69 Å². The highest BCUT2D eigenvalue weighted by Gasteiger charge is 2.79. The Morgan fingerprint density at radius 1 is 0.903 bits per heavy atom. The number of nitrogens with zero attached hydrogens (tertiary/aromatic N) is 2. The maximum absolute atomic E-state index is 14.1. The minimum Gasteiger partial charge on any atom is -0.352 e. The van der Waals surface area contributed by atoms with Crippen molar-refractivity contribution >= 4 is 12.1 Å². The number of amidine groups is 1. The number of carbonyl (C=O) groups is 1. The molecule has 0 fully saturated rings. The first-order chi connectivity index (χ1) is 14.3. The molecule has 0 N–H and O–H groups in total. The summed E-state index contributed by atoms with van der Waals surface area (Å²) in [5, 5.41) is 0. The number of benzene rings is 2. The molecule has 3 nitrogen and oxygen atoms in total. The molecular weight excluding hydrogens is 436 g/mol. The van der Waals surface area contributed by atoms with Crippen molar-refractivity contribution in [2.75, 3.05) is 7.05 Å². The first kappa shape index (κ1) is 22.7. The lowest BCUT2D eigenvalue weighted by Crippen LogP contribution is -2.65. The van der Waals surface area contributed by atoms with Gasteiger partial charge in [0.1, 0.15) is 23.8 Å². The number of aldehydes is 1. The van der Waals surface area contributed by atoms with Crippen molar-refractivity contribution in [2.24, 2.45) is 4.99 Å². The van der Waals surface area contributed by atoms with Crippen molar-refractivity contribution in [1.82, 2.24) is 4.90 Å². The number of hydrogen-bond acceptors (Lipinski definition) is 3. The minimum atomic E-state index is -5.94. The van der Waals surface area contributed by atoms with Crippen molar-refractivity contribution < 1.29 is 39.9 Å². The molecule has 0 saturated heterocycles. The molecule has 2 aromatic carbocycles. The van der Waals surface area contributed by atoms with Gasteiger partial charge in [-0.2, -0.15) is 26.3 Å². The lowest BCUT2D eigenvalue weighted by molar-refractivity contribution is -0.304. The van der Waals surface area contributed by atoms with Crippen molar-refractivity contribution in [2.45, 2.75) is 29.9 Å². The topological polar surface area (TPSA) is 32.7 Å². The number of hydrogen-bond donors (Lipinski definition) is 0. The van der Waals surface area contributed by atoms with E-state index in [1.54, 1.807) is 0 Å². The largest absolute Gasteiger partial charge is 0.424 e. The van der Waals surface area contributed by atoms with Crippen LogP contribution in [-0.2, 0) is 4.79 Å². The first-order valence-corrected chi connectivity index (χ1v) is 8.76. The van der Waals surface area contributed by atoms with Crippen molar-refractivity contribution in [1.29, 1.82) is 0 Å². The predicted molar refractivity (Wildman–Crippen MR) is 94.5 cm³/mol. The Morgan fingerprint density at radius 3 is 1.77 bits per heavy atom. The quantitative estimate of drug-likeness (QED) is 0.492. The third-order valence-electron chi connectivity index (χ3n) is 5.17. The highest BCUT2D eigenvalue weighted by atomic mass is 19.4. The minimum absolute atomic E-state index is 0.0518. The van der Waals surface area contributed by atoms with Crippen LogP contribution in [-0.4, -0.2) is 48.0 Å². The van der Waals surface area contributed by atoms with E-state index in [4.69, 9.17) is 0 Å².